The first-order chi connectivity index (χ1) is 4.63. The Morgan fingerprint density at radius 1 is 1.80 bits per heavy atom. The van der Waals surface area contributed by atoms with Crippen molar-refractivity contribution >= 4 is 28.3 Å². The van der Waals surface area contributed by atoms with Gasteiger partial charge in [0.05, 0.1) is 11.9 Å². The maximum absolute atomic E-state index is 11.0. The zero-order valence-electron chi connectivity index (χ0n) is 5.34. The van der Waals surface area contributed by atoms with Crippen LogP contribution in [0.15, 0.2) is 11.0 Å². The summed E-state index contributed by atoms with van der Waals surface area (Å²) < 4.78 is 1.77. The van der Waals surface area contributed by atoms with Crippen LogP contribution in [0.2, 0.25) is 0 Å². The molecule has 1 heterocycles. The van der Waals surface area contributed by atoms with E-state index in [0.29, 0.717) is 9.26 Å². The first kappa shape index (κ1) is 7.52. The molecule has 0 atom stereocenters. The molecule has 0 unspecified atom stereocenters. The zero-order chi connectivity index (χ0) is 7.72. The lowest BCUT2D eigenvalue weighted by molar-refractivity contribution is 0.704. The molecule has 0 saturated heterocycles. The first-order valence-electron chi connectivity index (χ1n) is 2.60. The minimum absolute atomic E-state index is 0.152. The van der Waals surface area contributed by atoms with Crippen LogP contribution in [0.3, 0.4) is 0 Å². The number of hydrogen-bond donors (Lipinski definition) is 1. The van der Waals surface area contributed by atoms with Crippen LogP contribution in [-0.4, -0.2) is 9.78 Å². The van der Waals surface area contributed by atoms with Crippen molar-refractivity contribution in [1.82, 2.24) is 9.78 Å². The van der Waals surface area contributed by atoms with Crippen molar-refractivity contribution in [3.63, 3.8) is 0 Å². The highest BCUT2D eigenvalue weighted by Crippen LogP contribution is 2.05. The number of hydrogen-bond acceptors (Lipinski definition) is 3. The molecule has 2 N–H and O–H groups in total. The topological polar surface area (TPSA) is 60.9 Å². The molecule has 0 spiro atoms. The number of halogens is 1. The first-order valence-corrected chi connectivity index (χ1v) is 3.68. The van der Waals surface area contributed by atoms with Gasteiger partial charge in [0.1, 0.15) is 3.57 Å². The van der Waals surface area contributed by atoms with Crippen LogP contribution in [0.5, 0.6) is 0 Å². The number of rotatable bonds is 0. The van der Waals surface area contributed by atoms with Gasteiger partial charge >= 0.3 is 0 Å². The Kier molecular flexibility index (Phi) is 1.93. The fraction of sp³-hybridized carbons (Fsp3) is 0.200. The van der Waals surface area contributed by atoms with Gasteiger partial charge in [0.25, 0.3) is 5.56 Å². The molecule has 0 aromatic carbocycles. The Morgan fingerprint density at radius 2 is 2.40 bits per heavy atom. The smallest absolute Gasteiger partial charge is 0.282 e. The summed E-state index contributed by atoms with van der Waals surface area (Å²) in [6, 6.07) is 0. The minimum atomic E-state index is -0.152. The fourth-order valence-electron chi connectivity index (χ4n) is 0.523. The van der Waals surface area contributed by atoms with Crippen molar-refractivity contribution in [3.8, 4) is 0 Å². The Labute approximate surface area is 71.2 Å². The number of aromatic nitrogens is 2. The van der Waals surface area contributed by atoms with Gasteiger partial charge in [0.2, 0.25) is 0 Å². The number of nitrogens with zero attached hydrogens (tertiary/aromatic N) is 2. The van der Waals surface area contributed by atoms with E-state index in [1.54, 1.807) is 7.05 Å². The van der Waals surface area contributed by atoms with E-state index >= 15 is 0 Å². The van der Waals surface area contributed by atoms with Crippen molar-refractivity contribution < 1.29 is 0 Å². The van der Waals surface area contributed by atoms with Crippen molar-refractivity contribution in [3.05, 3.63) is 20.1 Å². The molecule has 0 amide bonds. The molecule has 0 fully saturated rings. The monoisotopic (exact) mass is 251 g/mol. The quantitative estimate of drug-likeness (QED) is 0.658. The highest BCUT2D eigenvalue weighted by Gasteiger charge is 2.00. The zero-order valence-corrected chi connectivity index (χ0v) is 7.49. The van der Waals surface area contributed by atoms with Crippen molar-refractivity contribution in [2.45, 2.75) is 0 Å². The summed E-state index contributed by atoms with van der Waals surface area (Å²) in [7, 11) is 1.59. The third-order valence-electron chi connectivity index (χ3n) is 1.11. The standard InChI is InChI=1S/C5H6IN3O/c1-9-5(10)4(6)3(7)2-8-9/h2H,7H2,1H3. The van der Waals surface area contributed by atoms with Crippen molar-refractivity contribution in [2.24, 2.45) is 7.05 Å². The van der Waals surface area contributed by atoms with Crippen molar-refractivity contribution in [2.75, 3.05) is 5.73 Å². The summed E-state index contributed by atoms with van der Waals surface area (Å²) in [5.41, 5.74) is 5.69. The molecule has 0 aliphatic heterocycles. The van der Waals surface area contributed by atoms with Gasteiger partial charge in [-0.25, -0.2) is 4.68 Å². The molecule has 5 heteroatoms. The molecule has 1 aromatic rings. The Morgan fingerprint density at radius 3 is 2.90 bits per heavy atom. The molecule has 1 aromatic heterocycles. The average molecular weight is 251 g/mol. The molecule has 0 saturated carbocycles. The second-order valence-corrected chi connectivity index (χ2v) is 2.92. The molecule has 0 aliphatic rings. The summed E-state index contributed by atoms with van der Waals surface area (Å²) in [4.78, 5) is 11.0. The molecule has 0 bridgehead atoms. The van der Waals surface area contributed by atoms with Gasteiger partial charge in [0, 0.05) is 7.05 Å². The van der Waals surface area contributed by atoms with E-state index in [-0.39, 0.29) is 5.56 Å². The van der Waals surface area contributed by atoms with E-state index in [4.69, 9.17) is 5.73 Å². The highest BCUT2D eigenvalue weighted by molar-refractivity contribution is 14.1. The predicted molar refractivity (Wildman–Crippen MR) is 46.6 cm³/mol. The predicted octanol–water partition coefficient (Wildman–Crippen LogP) is -0.0329. The van der Waals surface area contributed by atoms with E-state index in [9.17, 15) is 4.79 Å². The fourth-order valence-corrected chi connectivity index (χ4v) is 1.01. The lowest BCUT2D eigenvalue weighted by Gasteiger charge is -1.97. The number of aryl methyl sites for hydroxylation is 1. The Bertz CT molecular complexity index is 306. The van der Waals surface area contributed by atoms with Crippen LogP contribution in [0.1, 0.15) is 0 Å². The highest BCUT2D eigenvalue weighted by atomic mass is 127. The summed E-state index contributed by atoms with van der Waals surface area (Å²) in [5.74, 6) is 0. The molecular formula is C5H6IN3O. The summed E-state index contributed by atoms with van der Waals surface area (Å²) in [6.07, 6.45) is 1.46. The van der Waals surface area contributed by atoms with E-state index < -0.39 is 0 Å². The van der Waals surface area contributed by atoms with E-state index in [1.165, 1.54) is 10.9 Å². The maximum Gasteiger partial charge on any atom is 0.282 e. The van der Waals surface area contributed by atoms with Crippen LogP contribution in [0.25, 0.3) is 0 Å². The molecular weight excluding hydrogens is 245 g/mol. The summed E-state index contributed by atoms with van der Waals surface area (Å²) >= 11 is 1.90. The molecule has 54 valence electrons. The lowest BCUT2D eigenvalue weighted by Crippen LogP contribution is -2.22. The van der Waals surface area contributed by atoms with Gasteiger partial charge in [0.15, 0.2) is 0 Å². The van der Waals surface area contributed by atoms with Gasteiger partial charge in [-0.3, -0.25) is 4.79 Å². The largest absolute Gasteiger partial charge is 0.396 e. The van der Waals surface area contributed by atoms with Crippen LogP contribution in [0, 0.1) is 3.57 Å². The average Bonchev–Trinajstić information content (AvgIpc) is 1.93. The molecule has 10 heavy (non-hydrogen) atoms. The molecule has 1 rings (SSSR count). The van der Waals surface area contributed by atoms with Gasteiger partial charge in [-0.2, -0.15) is 5.10 Å². The van der Waals surface area contributed by atoms with Gasteiger partial charge in [-0.1, -0.05) is 0 Å². The summed E-state index contributed by atoms with van der Waals surface area (Å²) in [6.45, 7) is 0. The Balaban J connectivity index is 3.50. The van der Waals surface area contributed by atoms with Gasteiger partial charge < -0.3 is 5.73 Å². The van der Waals surface area contributed by atoms with Crippen molar-refractivity contribution in [1.29, 1.82) is 0 Å². The molecule has 0 aliphatic carbocycles. The van der Waals surface area contributed by atoms with E-state index in [2.05, 4.69) is 5.10 Å². The third-order valence-corrected chi connectivity index (χ3v) is 2.19. The summed E-state index contributed by atoms with van der Waals surface area (Å²) in [5, 5.41) is 3.71. The molecule has 4 nitrogen and oxygen atoms in total. The van der Waals surface area contributed by atoms with E-state index in [0.717, 1.165) is 0 Å². The van der Waals surface area contributed by atoms with E-state index in [1.807, 2.05) is 22.6 Å². The SMILES string of the molecule is Cn1ncc(N)c(I)c1=O. The van der Waals surface area contributed by atoms with Crippen LogP contribution < -0.4 is 11.3 Å². The second-order valence-electron chi connectivity index (χ2n) is 1.84. The lowest BCUT2D eigenvalue weighted by atomic mass is 10.5. The Hall–Kier alpha value is -0.590. The number of nitrogens with two attached hydrogens (primary N) is 1. The minimum Gasteiger partial charge on any atom is -0.396 e. The second kappa shape index (κ2) is 2.57. The normalized spacial score (nSPS) is 9.80. The van der Waals surface area contributed by atoms with Gasteiger partial charge in [-0.15, -0.1) is 0 Å². The maximum atomic E-state index is 11.0. The number of nitrogen functional groups attached to an aromatic ring is 1. The van der Waals surface area contributed by atoms with Crippen LogP contribution in [0.4, 0.5) is 5.69 Å². The van der Waals surface area contributed by atoms with Crippen LogP contribution in [-0.2, 0) is 7.05 Å². The van der Waals surface area contributed by atoms with Gasteiger partial charge in [-0.05, 0) is 22.6 Å². The van der Waals surface area contributed by atoms with Crippen LogP contribution >= 0.6 is 22.6 Å². The number of anilines is 1. The molecule has 0 radical (unpaired) electrons. The third kappa shape index (κ3) is 1.13.